The number of ether oxygens (including phenoxy) is 1. The maximum atomic E-state index is 12.5. The Labute approximate surface area is 109 Å². The van der Waals surface area contributed by atoms with Crippen LogP contribution in [0.5, 0.6) is 0 Å². The van der Waals surface area contributed by atoms with Gasteiger partial charge < -0.3 is 9.84 Å². The number of morpholine rings is 1. The normalized spacial score (nSPS) is 36.1. The smallest absolute Gasteiger partial charge is 0.282 e. The number of nitrogens with zero attached hydrogens (tertiary/aromatic N) is 2. The van der Waals surface area contributed by atoms with Crippen molar-refractivity contribution < 1.29 is 18.3 Å². The summed E-state index contributed by atoms with van der Waals surface area (Å²) in [4.78, 5) is 0. The highest BCUT2D eigenvalue weighted by atomic mass is 32.2. The summed E-state index contributed by atoms with van der Waals surface area (Å²) in [6.45, 7) is 4.95. The maximum absolute atomic E-state index is 12.5. The number of hydrogen-bond donors (Lipinski definition) is 1. The van der Waals surface area contributed by atoms with Gasteiger partial charge in [-0.3, -0.25) is 0 Å². The third-order valence-corrected chi connectivity index (χ3v) is 5.57. The lowest BCUT2D eigenvalue weighted by Gasteiger charge is -2.37. The Morgan fingerprint density at radius 1 is 1.28 bits per heavy atom. The summed E-state index contributed by atoms with van der Waals surface area (Å²) >= 11 is 0. The van der Waals surface area contributed by atoms with Crippen LogP contribution in [0.2, 0.25) is 0 Å². The Hall–Kier alpha value is -0.210. The Bertz CT molecular complexity index is 377. The van der Waals surface area contributed by atoms with Crippen LogP contribution in [0, 0.1) is 0 Å². The largest absolute Gasteiger partial charge is 0.395 e. The molecular weight excluding hydrogens is 256 g/mol. The summed E-state index contributed by atoms with van der Waals surface area (Å²) < 4.78 is 33.5. The van der Waals surface area contributed by atoms with E-state index < -0.39 is 10.2 Å². The van der Waals surface area contributed by atoms with Gasteiger partial charge in [0.15, 0.2) is 0 Å². The van der Waals surface area contributed by atoms with Crippen LogP contribution in [0.25, 0.3) is 0 Å². The van der Waals surface area contributed by atoms with E-state index in [-0.39, 0.29) is 24.9 Å². The van der Waals surface area contributed by atoms with Crippen LogP contribution in [0.15, 0.2) is 0 Å². The van der Waals surface area contributed by atoms with E-state index in [1.54, 1.807) is 0 Å². The molecule has 7 heteroatoms. The van der Waals surface area contributed by atoms with Crippen molar-refractivity contribution >= 4 is 10.2 Å². The van der Waals surface area contributed by atoms with Crippen molar-refractivity contribution in [3.8, 4) is 0 Å². The first kappa shape index (κ1) is 14.2. The van der Waals surface area contributed by atoms with Gasteiger partial charge in [0.05, 0.1) is 18.8 Å². The van der Waals surface area contributed by atoms with Crippen molar-refractivity contribution in [2.24, 2.45) is 0 Å². The topological polar surface area (TPSA) is 70.1 Å². The highest BCUT2D eigenvalue weighted by molar-refractivity contribution is 7.86. The van der Waals surface area contributed by atoms with Gasteiger partial charge in [-0.25, -0.2) is 0 Å². The molecular formula is C11H22N2O4S. The van der Waals surface area contributed by atoms with Gasteiger partial charge in [-0.2, -0.15) is 17.0 Å². The Kier molecular flexibility index (Phi) is 4.28. The molecule has 0 saturated carbocycles. The molecule has 0 radical (unpaired) electrons. The zero-order chi connectivity index (χ0) is 13.3. The van der Waals surface area contributed by atoms with Gasteiger partial charge in [-0.1, -0.05) is 0 Å². The van der Waals surface area contributed by atoms with Crippen molar-refractivity contribution in [2.45, 2.75) is 44.9 Å². The Morgan fingerprint density at radius 2 is 1.89 bits per heavy atom. The van der Waals surface area contributed by atoms with E-state index >= 15 is 0 Å². The van der Waals surface area contributed by atoms with Gasteiger partial charge in [0.25, 0.3) is 10.2 Å². The lowest BCUT2D eigenvalue weighted by atomic mass is 10.2. The molecule has 2 aliphatic heterocycles. The van der Waals surface area contributed by atoms with E-state index in [2.05, 4.69) is 0 Å². The monoisotopic (exact) mass is 278 g/mol. The molecule has 3 unspecified atom stereocenters. The van der Waals surface area contributed by atoms with Crippen LogP contribution in [-0.4, -0.2) is 66.6 Å². The van der Waals surface area contributed by atoms with Gasteiger partial charge in [0.1, 0.15) is 0 Å². The lowest BCUT2D eigenvalue weighted by molar-refractivity contribution is -0.0456. The second kappa shape index (κ2) is 5.42. The molecule has 0 bridgehead atoms. The van der Waals surface area contributed by atoms with Crippen LogP contribution < -0.4 is 0 Å². The maximum Gasteiger partial charge on any atom is 0.282 e. The van der Waals surface area contributed by atoms with Gasteiger partial charge in [0.2, 0.25) is 0 Å². The Morgan fingerprint density at radius 3 is 2.44 bits per heavy atom. The van der Waals surface area contributed by atoms with Crippen LogP contribution in [0.4, 0.5) is 0 Å². The molecule has 2 heterocycles. The minimum atomic E-state index is -3.46. The second-order valence-electron chi connectivity index (χ2n) is 5.17. The lowest BCUT2D eigenvalue weighted by Crippen LogP contribution is -2.54. The molecule has 6 nitrogen and oxygen atoms in total. The van der Waals surface area contributed by atoms with E-state index in [1.807, 2.05) is 13.8 Å². The zero-order valence-corrected chi connectivity index (χ0v) is 11.8. The molecule has 1 N–H and O–H groups in total. The number of aliphatic hydroxyl groups is 1. The predicted octanol–water partition coefficient (Wildman–Crippen LogP) is -0.203. The molecule has 0 spiro atoms. The predicted molar refractivity (Wildman–Crippen MR) is 67.3 cm³/mol. The summed E-state index contributed by atoms with van der Waals surface area (Å²) in [5.74, 6) is 0. The minimum Gasteiger partial charge on any atom is -0.395 e. The average Bonchev–Trinajstić information content (AvgIpc) is 2.76. The highest BCUT2D eigenvalue weighted by Gasteiger charge is 2.40. The van der Waals surface area contributed by atoms with Crippen LogP contribution in [0.3, 0.4) is 0 Å². The molecule has 2 aliphatic rings. The molecule has 0 aromatic heterocycles. The third-order valence-electron chi connectivity index (χ3n) is 3.54. The molecule has 0 aromatic carbocycles. The summed E-state index contributed by atoms with van der Waals surface area (Å²) in [6, 6.07) is -0.261. The first-order valence-corrected chi connectivity index (χ1v) is 7.88. The average molecular weight is 278 g/mol. The zero-order valence-electron chi connectivity index (χ0n) is 10.9. The second-order valence-corrected chi connectivity index (χ2v) is 7.05. The van der Waals surface area contributed by atoms with E-state index in [1.165, 1.54) is 8.61 Å². The van der Waals surface area contributed by atoms with Crippen molar-refractivity contribution in [3.05, 3.63) is 0 Å². The summed E-state index contributed by atoms with van der Waals surface area (Å²) in [6.07, 6.45) is 1.39. The van der Waals surface area contributed by atoms with E-state index in [0.717, 1.165) is 12.8 Å². The molecule has 0 aromatic rings. The molecule has 106 valence electrons. The number of rotatable bonds is 3. The molecule has 2 saturated heterocycles. The van der Waals surface area contributed by atoms with Gasteiger partial charge in [-0.15, -0.1) is 0 Å². The summed E-state index contributed by atoms with van der Waals surface area (Å²) in [5.41, 5.74) is 0. The van der Waals surface area contributed by atoms with E-state index in [0.29, 0.717) is 19.6 Å². The fourth-order valence-electron chi connectivity index (χ4n) is 2.76. The van der Waals surface area contributed by atoms with Gasteiger partial charge >= 0.3 is 0 Å². The molecule has 2 fully saturated rings. The van der Waals surface area contributed by atoms with Gasteiger partial charge in [-0.05, 0) is 26.7 Å². The molecule has 0 amide bonds. The minimum absolute atomic E-state index is 0.0845. The van der Waals surface area contributed by atoms with Crippen LogP contribution in [0.1, 0.15) is 26.7 Å². The number of aliphatic hydroxyl groups excluding tert-OH is 1. The SMILES string of the molecule is CC1CN(S(=O)(=O)N2CCCC2CO)CC(C)O1. The van der Waals surface area contributed by atoms with E-state index in [4.69, 9.17) is 4.74 Å². The first-order chi connectivity index (χ1) is 8.45. The fraction of sp³-hybridized carbons (Fsp3) is 1.00. The van der Waals surface area contributed by atoms with Crippen molar-refractivity contribution in [3.63, 3.8) is 0 Å². The number of hydrogen-bond acceptors (Lipinski definition) is 4. The highest BCUT2D eigenvalue weighted by Crippen LogP contribution is 2.25. The van der Waals surface area contributed by atoms with Crippen LogP contribution >= 0.6 is 0 Å². The molecule has 18 heavy (non-hydrogen) atoms. The molecule has 2 rings (SSSR count). The van der Waals surface area contributed by atoms with Crippen molar-refractivity contribution in [1.29, 1.82) is 0 Å². The van der Waals surface area contributed by atoms with Crippen molar-refractivity contribution in [1.82, 2.24) is 8.61 Å². The van der Waals surface area contributed by atoms with Crippen molar-refractivity contribution in [2.75, 3.05) is 26.2 Å². The van der Waals surface area contributed by atoms with Gasteiger partial charge in [0, 0.05) is 25.7 Å². The third kappa shape index (κ3) is 2.70. The first-order valence-electron chi connectivity index (χ1n) is 6.48. The standard InChI is InChI=1S/C11H22N2O4S/c1-9-6-12(7-10(2)17-9)18(15,16)13-5-3-4-11(13)8-14/h9-11,14H,3-8H2,1-2H3. The molecule has 0 aliphatic carbocycles. The molecule has 3 atom stereocenters. The summed E-state index contributed by atoms with van der Waals surface area (Å²) in [5, 5.41) is 9.25. The van der Waals surface area contributed by atoms with Crippen LogP contribution in [-0.2, 0) is 14.9 Å². The fourth-order valence-corrected chi connectivity index (χ4v) is 4.76. The van der Waals surface area contributed by atoms with E-state index in [9.17, 15) is 13.5 Å². The Balaban J connectivity index is 2.15. The quantitative estimate of drug-likeness (QED) is 0.776. The summed E-state index contributed by atoms with van der Waals surface area (Å²) in [7, 11) is -3.46.